The van der Waals surface area contributed by atoms with E-state index in [1.54, 1.807) is 11.3 Å². The maximum Gasteiger partial charge on any atom is 0.148 e. The van der Waals surface area contributed by atoms with Crippen LogP contribution in [0.1, 0.15) is 37.6 Å². The van der Waals surface area contributed by atoms with Crippen LogP contribution in [0, 0.1) is 12.3 Å². The number of rotatable bonds is 5. The van der Waals surface area contributed by atoms with E-state index in [9.17, 15) is 0 Å². The molecule has 1 aliphatic carbocycles. The minimum Gasteiger partial charge on any atom is -0.382 e. The molecule has 0 aromatic carbocycles. The van der Waals surface area contributed by atoms with Gasteiger partial charge >= 0.3 is 0 Å². The Kier molecular flexibility index (Phi) is 3.69. The van der Waals surface area contributed by atoms with Crippen LogP contribution in [0.25, 0.3) is 11.3 Å². The molecule has 2 aromatic heterocycles. The fraction of sp³-hybridized carbons (Fsp3) is 0.571. The van der Waals surface area contributed by atoms with Crippen LogP contribution in [-0.2, 0) is 0 Å². The molecular weight excluding hydrogens is 288 g/mol. The van der Waals surface area contributed by atoms with Crippen molar-refractivity contribution < 1.29 is 0 Å². The molecule has 4 nitrogen and oxygen atoms in total. The van der Waals surface area contributed by atoms with Crippen LogP contribution in [0.3, 0.4) is 0 Å². The maximum absolute atomic E-state index is 6.02. The van der Waals surface area contributed by atoms with Gasteiger partial charge in [0.25, 0.3) is 0 Å². The zero-order valence-corrected chi connectivity index (χ0v) is 13.5. The van der Waals surface area contributed by atoms with Crippen LogP contribution in [0.4, 0.5) is 10.8 Å². The molecule has 0 radical (unpaired) electrons. The smallest absolute Gasteiger partial charge is 0.148 e. The van der Waals surface area contributed by atoms with Crippen molar-refractivity contribution >= 4 is 33.7 Å². The van der Waals surface area contributed by atoms with Gasteiger partial charge in [0, 0.05) is 11.9 Å². The molecule has 1 saturated carbocycles. The van der Waals surface area contributed by atoms with E-state index in [4.69, 9.17) is 5.73 Å². The molecule has 0 unspecified atom stereocenters. The standard InChI is InChI=1S/C14H20N4S2/c1-3-14(5-4-6-14)8-16-13-11(12(15)18-20-13)10-7-19-9(2)17-10/h7,16H,3-6,8H2,1-2H3,(H2,15,18). The molecule has 0 spiro atoms. The Bertz CT molecular complexity index is 593. The second-order valence-corrected chi connectivity index (χ2v) is 7.42. The molecule has 2 heterocycles. The fourth-order valence-electron chi connectivity index (χ4n) is 2.75. The molecule has 0 aliphatic heterocycles. The molecule has 2 aromatic rings. The summed E-state index contributed by atoms with van der Waals surface area (Å²) in [5.74, 6) is 0.585. The zero-order chi connectivity index (χ0) is 14.2. The van der Waals surface area contributed by atoms with Gasteiger partial charge in [-0.3, -0.25) is 0 Å². The third kappa shape index (κ3) is 2.42. The number of nitrogen functional groups attached to an aromatic ring is 1. The summed E-state index contributed by atoms with van der Waals surface area (Å²) in [5.41, 5.74) is 8.43. The number of nitrogens with two attached hydrogens (primary N) is 1. The molecule has 108 valence electrons. The van der Waals surface area contributed by atoms with E-state index in [0.29, 0.717) is 11.2 Å². The Morgan fingerprint density at radius 2 is 2.25 bits per heavy atom. The highest BCUT2D eigenvalue weighted by Gasteiger charge is 2.35. The second kappa shape index (κ2) is 5.33. The Morgan fingerprint density at radius 1 is 1.45 bits per heavy atom. The van der Waals surface area contributed by atoms with Crippen LogP contribution < -0.4 is 11.1 Å². The number of thiazole rings is 1. The SMILES string of the molecule is CCC1(CNc2snc(N)c2-c2csc(C)n2)CCC1. The quantitative estimate of drug-likeness (QED) is 0.871. The van der Waals surface area contributed by atoms with Gasteiger partial charge < -0.3 is 11.1 Å². The summed E-state index contributed by atoms with van der Waals surface area (Å²) in [6, 6.07) is 0. The third-order valence-electron chi connectivity index (χ3n) is 4.38. The van der Waals surface area contributed by atoms with Crippen molar-refractivity contribution in [3.8, 4) is 11.3 Å². The highest BCUT2D eigenvalue weighted by molar-refractivity contribution is 7.11. The summed E-state index contributed by atoms with van der Waals surface area (Å²) >= 11 is 3.09. The molecule has 0 atom stereocenters. The van der Waals surface area contributed by atoms with Crippen LogP contribution in [0.2, 0.25) is 0 Å². The van der Waals surface area contributed by atoms with Gasteiger partial charge in [0.1, 0.15) is 10.8 Å². The van der Waals surface area contributed by atoms with Crippen molar-refractivity contribution in [1.29, 1.82) is 0 Å². The van der Waals surface area contributed by atoms with Gasteiger partial charge in [0.2, 0.25) is 0 Å². The lowest BCUT2D eigenvalue weighted by Gasteiger charge is -2.41. The minimum absolute atomic E-state index is 0.480. The molecule has 3 N–H and O–H groups in total. The van der Waals surface area contributed by atoms with Crippen LogP contribution in [0.15, 0.2) is 5.38 Å². The highest BCUT2D eigenvalue weighted by atomic mass is 32.1. The third-order valence-corrected chi connectivity index (χ3v) is 5.97. The van der Waals surface area contributed by atoms with Crippen LogP contribution in [0.5, 0.6) is 0 Å². The molecule has 1 fully saturated rings. The number of nitrogens with zero attached hydrogens (tertiary/aromatic N) is 2. The van der Waals surface area contributed by atoms with Crippen molar-refractivity contribution in [3.05, 3.63) is 10.4 Å². The number of hydrogen-bond acceptors (Lipinski definition) is 6. The average Bonchev–Trinajstić information content (AvgIpc) is 2.95. The van der Waals surface area contributed by atoms with E-state index in [2.05, 4.69) is 27.0 Å². The number of aromatic nitrogens is 2. The Balaban J connectivity index is 1.80. The van der Waals surface area contributed by atoms with E-state index < -0.39 is 0 Å². The minimum atomic E-state index is 0.480. The van der Waals surface area contributed by atoms with Crippen molar-refractivity contribution in [3.63, 3.8) is 0 Å². The first kappa shape index (κ1) is 13.8. The van der Waals surface area contributed by atoms with Gasteiger partial charge in [0.05, 0.1) is 16.3 Å². The molecular formula is C14H20N4S2. The molecule has 20 heavy (non-hydrogen) atoms. The van der Waals surface area contributed by atoms with Gasteiger partial charge in [0.15, 0.2) is 0 Å². The van der Waals surface area contributed by atoms with Crippen LogP contribution >= 0.6 is 22.9 Å². The molecule has 0 amide bonds. The van der Waals surface area contributed by atoms with Gasteiger partial charge in [-0.1, -0.05) is 13.3 Å². The molecule has 6 heteroatoms. The first-order valence-corrected chi connectivity index (χ1v) is 8.70. The molecule has 1 aliphatic rings. The van der Waals surface area contributed by atoms with E-state index >= 15 is 0 Å². The first-order valence-electron chi connectivity index (χ1n) is 7.05. The summed E-state index contributed by atoms with van der Waals surface area (Å²) in [4.78, 5) is 4.54. The number of nitrogens with one attached hydrogen (secondary N) is 1. The van der Waals surface area contributed by atoms with Gasteiger partial charge in [-0.25, -0.2) is 4.98 Å². The van der Waals surface area contributed by atoms with Crippen molar-refractivity contribution in [2.45, 2.75) is 39.5 Å². The Labute approximate surface area is 127 Å². The fourth-order valence-corrected chi connectivity index (χ4v) is 4.07. The first-order chi connectivity index (χ1) is 9.63. The Morgan fingerprint density at radius 3 is 2.80 bits per heavy atom. The Hall–Kier alpha value is -1.14. The van der Waals surface area contributed by atoms with E-state index in [1.807, 2.05) is 6.92 Å². The lowest BCUT2D eigenvalue weighted by molar-refractivity contribution is 0.145. The van der Waals surface area contributed by atoms with E-state index in [0.717, 1.165) is 27.8 Å². The predicted molar refractivity (Wildman–Crippen MR) is 87.4 cm³/mol. The predicted octanol–water partition coefficient (Wildman–Crippen LogP) is 4.15. The van der Waals surface area contributed by atoms with Gasteiger partial charge in [-0.05, 0) is 43.1 Å². The summed E-state index contributed by atoms with van der Waals surface area (Å²) in [7, 11) is 0. The number of aryl methyl sites for hydroxylation is 1. The lowest BCUT2D eigenvalue weighted by Crippen LogP contribution is -2.35. The van der Waals surface area contributed by atoms with E-state index in [-0.39, 0.29) is 0 Å². The van der Waals surface area contributed by atoms with Gasteiger partial charge in [-0.2, -0.15) is 4.37 Å². The van der Waals surface area contributed by atoms with Crippen molar-refractivity contribution in [1.82, 2.24) is 9.36 Å². The topological polar surface area (TPSA) is 63.8 Å². The molecule has 0 bridgehead atoms. The normalized spacial score (nSPS) is 16.9. The second-order valence-electron chi connectivity index (χ2n) is 5.58. The van der Waals surface area contributed by atoms with Crippen molar-refractivity contribution in [2.75, 3.05) is 17.6 Å². The lowest BCUT2D eigenvalue weighted by atomic mass is 9.67. The molecule has 3 rings (SSSR count). The van der Waals surface area contributed by atoms with Crippen molar-refractivity contribution in [2.24, 2.45) is 5.41 Å². The average molecular weight is 308 g/mol. The van der Waals surface area contributed by atoms with E-state index in [1.165, 1.54) is 37.2 Å². The zero-order valence-electron chi connectivity index (χ0n) is 11.9. The largest absolute Gasteiger partial charge is 0.382 e. The van der Waals surface area contributed by atoms with Crippen LogP contribution in [-0.4, -0.2) is 15.9 Å². The summed E-state index contributed by atoms with van der Waals surface area (Å²) in [6.45, 7) is 5.31. The maximum atomic E-state index is 6.02. The summed E-state index contributed by atoms with van der Waals surface area (Å²) in [5, 5.41) is 7.75. The molecule has 0 saturated heterocycles. The summed E-state index contributed by atoms with van der Waals surface area (Å²) in [6.07, 6.45) is 5.25. The van der Waals surface area contributed by atoms with Gasteiger partial charge in [-0.15, -0.1) is 11.3 Å². The monoisotopic (exact) mass is 308 g/mol. The number of anilines is 2. The summed E-state index contributed by atoms with van der Waals surface area (Å²) < 4.78 is 4.29. The number of hydrogen-bond donors (Lipinski definition) is 2. The highest BCUT2D eigenvalue weighted by Crippen LogP contribution is 2.45.